The van der Waals surface area contributed by atoms with E-state index in [4.69, 9.17) is 9.47 Å². The van der Waals surface area contributed by atoms with Gasteiger partial charge in [0.05, 0.1) is 23.0 Å². The molecule has 7 heteroatoms. The van der Waals surface area contributed by atoms with Crippen LogP contribution in [-0.2, 0) is 9.59 Å². The van der Waals surface area contributed by atoms with Gasteiger partial charge in [-0.05, 0) is 30.7 Å². The molecular weight excluding hydrogens is 358 g/mol. The smallest absolute Gasteiger partial charge is 0.231 e. The standard InChI is InChI=1S/C21H17N3O4/c25-20(23-13-6-7-17-18(9-13)28-11-27-17)14-10-15(14)21(26)24-16-5-1-3-12-4-2-8-22-19(12)16/h1-9,14-15H,10-11H2,(H,23,25)(H,24,26). The summed E-state index contributed by atoms with van der Waals surface area (Å²) in [6, 6.07) is 14.7. The molecule has 2 N–H and O–H groups in total. The molecule has 2 aliphatic rings. The Kier molecular flexibility index (Phi) is 3.86. The first-order chi connectivity index (χ1) is 13.7. The van der Waals surface area contributed by atoms with E-state index < -0.39 is 0 Å². The number of nitrogens with zero attached hydrogens (tertiary/aromatic N) is 1. The zero-order chi connectivity index (χ0) is 19.1. The molecule has 2 heterocycles. The Bertz CT molecular complexity index is 1090. The number of nitrogens with one attached hydrogen (secondary N) is 2. The topological polar surface area (TPSA) is 89.5 Å². The van der Waals surface area contributed by atoms with Gasteiger partial charge in [-0.1, -0.05) is 18.2 Å². The van der Waals surface area contributed by atoms with Gasteiger partial charge >= 0.3 is 0 Å². The highest BCUT2D eigenvalue weighted by atomic mass is 16.7. The lowest BCUT2D eigenvalue weighted by atomic mass is 10.2. The molecule has 0 radical (unpaired) electrons. The molecule has 7 nitrogen and oxygen atoms in total. The quantitative estimate of drug-likeness (QED) is 0.731. The third kappa shape index (κ3) is 3.00. The fourth-order valence-corrected chi connectivity index (χ4v) is 3.41. The second-order valence-electron chi connectivity index (χ2n) is 6.88. The molecule has 0 saturated heterocycles. The Morgan fingerprint density at radius 3 is 2.61 bits per heavy atom. The molecule has 2 aromatic carbocycles. The van der Waals surface area contributed by atoms with Crippen LogP contribution in [-0.4, -0.2) is 23.6 Å². The highest BCUT2D eigenvalue weighted by Gasteiger charge is 2.48. The fourth-order valence-electron chi connectivity index (χ4n) is 3.41. The molecular formula is C21H17N3O4. The molecule has 1 aliphatic carbocycles. The van der Waals surface area contributed by atoms with Crippen LogP contribution in [0.25, 0.3) is 10.9 Å². The second kappa shape index (κ2) is 6.53. The molecule has 1 aliphatic heterocycles. The summed E-state index contributed by atoms with van der Waals surface area (Å²) in [6.07, 6.45) is 2.22. The van der Waals surface area contributed by atoms with E-state index in [0.29, 0.717) is 29.3 Å². The minimum atomic E-state index is -0.340. The van der Waals surface area contributed by atoms with Crippen molar-refractivity contribution in [1.82, 2.24) is 4.98 Å². The van der Waals surface area contributed by atoms with Gasteiger partial charge in [0.2, 0.25) is 18.6 Å². The van der Waals surface area contributed by atoms with Gasteiger partial charge in [0, 0.05) is 23.3 Å². The van der Waals surface area contributed by atoms with Crippen LogP contribution in [0.15, 0.2) is 54.7 Å². The number of para-hydroxylation sites is 1. The number of fused-ring (bicyclic) bond motifs is 2. The first kappa shape index (κ1) is 16.6. The molecule has 3 aromatic rings. The molecule has 1 saturated carbocycles. The number of rotatable bonds is 4. The van der Waals surface area contributed by atoms with Crippen molar-refractivity contribution in [2.24, 2.45) is 11.8 Å². The van der Waals surface area contributed by atoms with Crippen LogP contribution in [0.2, 0.25) is 0 Å². The predicted molar refractivity (Wildman–Crippen MR) is 103 cm³/mol. The number of amides is 2. The van der Waals surface area contributed by atoms with Gasteiger partial charge < -0.3 is 20.1 Å². The summed E-state index contributed by atoms with van der Waals surface area (Å²) in [7, 11) is 0. The van der Waals surface area contributed by atoms with E-state index in [1.165, 1.54) is 0 Å². The summed E-state index contributed by atoms with van der Waals surface area (Å²) in [5.74, 6) is 0.247. The van der Waals surface area contributed by atoms with Crippen LogP contribution in [0.5, 0.6) is 11.5 Å². The van der Waals surface area contributed by atoms with Crippen molar-refractivity contribution < 1.29 is 19.1 Å². The van der Waals surface area contributed by atoms with Crippen molar-refractivity contribution in [3.63, 3.8) is 0 Å². The molecule has 2 unspecified atom stereocenters. The monoisotopic (exact) mass is 375 g/mol. The van der Waals surface area contributed by atoms with E-state index in [1.807, 2.05) is 30.3 Å². The van der Waals surface area contributed by atoms with E-state index in [-0.39, 0.29) is 30.4 Å². The highest BCUT2D eigenvalue weighted by molar-refractivity contribution is 6.06. The lowest BCUT2D eigenvalue weighted by Gasteiger charge is -2.08. The van der Waals surface area contributed by atoms with Gasteiger partial charge in [0.25, 0.3) is 0 Å². The zero-order valence-corrected chi connectivity index (χ0v) is 14.8. The van der Waals surface area contributed by atoms with Crippen molar-refractivity contribution in [3.05, 3.63) is 54.7 Å². The molecule has 1 fully saturated rings. The van der Waals surface area contributed by atoms with Gasteiger partial charge in [-0.25, -0.2) is 0 Å². The van der Waals surface area contributed by atoms with E-state index >= 15 is 0 Å². The Morgan fingerprint density at radius 2 is 1.71 bits per heavy atom. The number of benzene rings is 2. The number of carbonyl (C=O) groups excluding carboxylic acids is 2. The zero-order valence-electron chi connectivity index (χ0n) is 14.8. The lowest BCUT2D eigenvalue weighted by Crippen LogP contribution is -2.20. The summed E-state index contributed by atoms with van der Waals surface area (Å²) in [4.78, 5) is 29.4. The highest BCUT2D eigenvalue weighted by Crippen LogP contribution is 2.41. The molecule has 5 rings (SSSR count). The van der Waals surface area contributed by atoms with Crippen LogP contribution in [0.3, 0.4) is 0 Å². The molecule has 2 atom stereocenters. The molecule has 0 bridgehead atoms. The van der Waals surface area contributed by atoms with Crippen LogP contribution in [0, 0.1) is 11.8 Å². The van der Waals surface area contributed by atoms with Crippen LogP contribution in [0.1, 0.15) is 6.42 Å². The maximum atomic E-state index is 12.6. The van der Waals surface area contributed by atoms with E-state index in [9.17, 15) is 9.59 Å². The summed E-state index contributed by atoms with van der Waals surface area (Å²) < 4.78 is 10.6. The van der Waals surface area contributed by atoms with Gasteiger partial charge in [-0.15, -0.1) is 0 Å². The number of aromatic nitrogens is 1. The third-order valence-electron chi connectivity index (χ3n) is 4.99. The first-order valence-corrected chi connectivity index (χ1v) is 9.04. The van der Waals surface area contributed by atoms with Gasteiger partial charge in [-0.2, -0.15) is 0 Å². The Labute approximate surface area is 160 Å². The number of pyridine rings is 1. The summed E-state index contributed by atoms with van der Waals surface area (Å²) in [5.41, 5.74) is 2.02. The largest absolute Gasteiger partial charge is 0.454 e. The number of ether oxygens (including phenoxy) is 2. The van der Waals surface area contributed by atoms with Gasteiger partial charge in [0.1, 0.15) is 0 Å². The summed E-state index contributed by atoms with van der Waals surface area (Å²) >= 11 is 0. The van der Waals surface area contributed by atoms with Crippen molar-refractivity contribution in [3.8, 4) is 11.5 Å². The number of anilines is 2. The number of hydrogen-bond acceptors (Lipinski definition) is 5. The van der Waals surface area contributed by atoms with Crippen LogP contribution in [0.4, 0.5) is 11.4 Å². The number of carbonyl (C=O) groups is 2. The maximum absolute atomic E-state index is 12.6. The van der Waals surface area contributed by atoms with Gasteiger partial charge in [-0.3, -0.25) is 14.6 Å². The second-order valence-corrected chi connectivity index (χ2v) is 6.88. The van der Waals surface area contributed by atoms with Gasteiger partial charge in [0.15, 0.2) is 11.5 Å². The molecule has 140 valence electrons. The average molecular weight is 375 g/mol. The predicted octanol–water partition coefficient (Wildman–Crippen LogP) is 3.18. The van der Waals surface area contributed by atoms with Crippen LogP contribution < -0.4 is 20.1 Å². The maximum Gasteiger partial charge on any atom is 0.231 e. The third-order valence-corrected chi connectivity index (χ3v) is 4.99. The lowest BCUT2D eigenvalue weighted by molar-refractivity contribution is -0.122. The summed E-state index contributed by atoms with van der Waals surface area (Å²) in [6.45, 7) is 0.181. The minimum Gasteiger partial charge on any atom is -0.454 e. The Balaban J connectivity index is 1.24. The van der Waals surface area contributed by atoms with Crippen LogP contribution >= 0.6 is 0 Å². The minimum absolute atomic E-state index is 0.163. The molecule has 2 amide bonds. The van der Waals surface area contributed by atoms with E-state index in [1.54, 1.807) is 24.4 Å². The molecule has 1 aromatic heterocycles. The normalized spacial score (nSPS) is 19.3. The van der Waals surface area contributed by atoms with Crippen molar-refractivity contribution >= 4 is 34.1 Å². The van der Waals surface area contributed by atoms with Crippen molar-refractivity contribution in [2.45, 2.75) is 6.42 Å². The van der Waals surface area contributed by atoms with Crippen molar-refractivity contribution in [2.75, 3.05) is 17.4 Å². The molecule has 28 heavy (non-hydrogen) atoms. The first-order valence-electron chi connectivity index (χ1n) is 9.04. The Morgan fingerprint density at radius 1 is 0.929 bits per heavy atom. The number of hydrogen-bond donors (Lipinski definition) is 2. The van der Waals surface area contributed by atoms with Crippen molar-refractivity contribution in [1.29, 1.82) is 0 Å². The average Bonchev–Trinajstić information content (AvgIpc) is 3.39. The Hall–Kier alpha value is -3.61. The summed E-state index contributed by atoms with van der Waals surface area (Å²) in [5, 5.41) is 6.71. The van der Waals surface area contributed by atoms with E-state index in [2.05, 4.69) is 15.6 Å². The van der Waals surface area contributed by atoms with E-state index in [0.717, 1.165) is 10.9 Å². The SMILES string of the molecule is O=C(Nc1ccc2c(c1)OCO2)C1CC1C(=O)Nc1cccc2cccnc12. The fraction of sp³-hybridized carbons (Fsp3) is 0.190. The molecule has 0 spiro atoms.